The third-order valence-electron chi connectivity index (χ3n) is 5.40. The Bertz CT molecular complexity index is 811. The summed E-state index contributed by atoms with van der Waals surface area (Å²) in [6.45, 7) is 7.08. The van der Waals surface area contributed by atoms with Gasteiger partial charge >= 0.3 is 6.18 Å². The van der Waals surface area contributed by atoms with Gasteiger partial charge in [-0.3, -0.25) is 9.69 Å². The number of hydrogen-bond donors (Lipinski definition) is 1. The van der Waals surface area contributed by atoms with Gasteiger partial charge < -0.3 is 10.2 Å². The number of piperazine rings is 1. The average molecular weight is 419 g/mol. The standard InChI is InChI=1S/C23H28F3N3O/c1-2-3-12-28-13-15-29(16-14-28)22(30)19-6-4-18(5-7-19)17-27-21-10-8-20(9-11-21)23(24,25)26/h4-11,27H,2-3,12-17H2,1H3. The zero-order valence-electron chi connectivity index (χ0n) is 17.2. The average Bonchev–Trinajstić information content (AvgIpc) is 2.76. The molecule has 1 amide bonds. The summed E-state index contributed by atoms with van der Waals surface area (Å²) in [5.41, 5.74) is 1.57. The molecule has 162 valence electrons. The van der Waals surface area contributed by atoms with Gasteiger partial charge in [0, 0.05) is 44.0 Å². The van der Waals surface area contributed by atoms with Crippen molar-refractivity contribution in [2.75, 3.05) is 38.0 Å². The molecule has 0 unspecified atom stereocenters. The summed E-state index contributed by atoms with van der Waals surface area (Å²) in [5.74, 6) is 0.0485. The Morgan fingerprint density at radius 3 is 2.17 bits per heavy atom. The fourth-order valence-electron chi connectivity index (χ4n) is 3.49. The fourth-order valence-corrected chi connectivity index (χ4v) is 3.49. The Labute approximate surface area is 175 Å². The molecular weight excluding hydrogens is 391 g/mol. The molecule has 0 saturated carbocycles. The van der Waals surface area contributed by atoms with E-state index >= 15 is 0 Å². The minimum atomic E-state index is -4.33. The van der Waals surface area contributed by atoms with Gasteiger partial charge in [0.25, 0.3) is 5.91 Å². The van der Waals surface area contributed by atoms with Gasteiger partial charge in [-0.25, -0.2) is 0 Å². The highest BCUT2D eigenvalue weighted by atomic mass is 19.4. The summed E-state index contributed by atoms with van der Waals surface area (Å²) in [4.78, 5) is 17.0. The molecule has 1 N–H and O–H groups in total. The molecule has 0 bridgehead atoms. The van der Waals surface area contributed by atoms with Crippen molar-refractivity contribution in [2.24, 2.45) is 0 Å². The van der Waals surface area contributed by atoms with Crippen LogP contribution in [0.15, 0.2) is 48.5 Å². The molecule has 4 nitrogen and oxygen atoms in total. The minimum Gasteiger partial charge on any atom is -0.381 e. The number of amides is 1. The molecule has 3 rings (SSSR count). The predicted octanol–water partition coefficient (Wildman–Crippen LogP) is 4.88. The van der Waals surface area contributed by atoms with Crippen LogP contribution in [0.1, 0.15) is 41.3 Å². The number of rotatable bonds is 7. The largest absolute Gasteiger partial charge is 0.416 e. The third kappa shape index (κ3) is 5.98. The molecular formula is C23H28F3N3O. The van der Waals surface area contributed by atoms with Crippen molar-refractivity contribution in [3.63, 3.8) is 0 Å². The van der Waals surface area contributed by atoms with E-state index in [1.165, 1.54) is 25.0 Å². The van der Waals surface area contributed by atoms with Gasteiger partial charge in [-0.15, -0.1) is 0 Å². The van der Waals surface area contributed by atoms with Gasteiger partial charge in [-0.1, -0.05) is 25.5 Å². The first-order valence-electron chi connectivity index (χ1n) is 10.4. The molecule has 2 aromatic rings. The number of carbonyl (C=O) groups excluding carboxylic acids is 1. The van der Waals surface area contributed by atoms with Crippen molar-refractivity contribution >= 4 is 11.6 Å². The highest BCUT2D eigenvalue weighted by Crippen LogP contribution is 2.29. The fraction of sp³-hybridized carbons (Fsp3) is 0.435. The van der Waals surface area contributed by atoms with E-state index in [4.69, 9.17) is 0 Å². The number of nitrogens with zero attached hydrogens (tertiary/aromatic N) is 2. The van der Waals surface area contributed by atoms with E-state index in [1.54, 1.807) is 0 Å². The van der Waals surface area contributed by atoms with Crippen LogP contribution in [0.5, 0.6) is 0 Å². The molecule has 0 aliphatic carbocycles. The van der Waals surface area contributed by atoms with Crippen molar-refractivity contribution in [1.29, 1.82) is 0 Å². The smallest absolute Gasteiger partial charge is 0.381 e. The number of anilines is 1. The highest BCUT2D eigenvalue weighted by Gasteiger charge is 2.29. The molecule has 30 heavy (non-hydrogen) atoms. The number of halogens is 3. The number of nitrogens with one attached hydrogen (secondary N) is 1. The van der Waals surface area contributed by atoms with E-state index in [0.29, 0.717) is 17.8 Å². The summed E-state index contributed by atoms with van der Waals surface area (Å²) in [6.07, 6.45) is -1.96. The second-order valence-electron chi connectivity index (χ2n) is 7.61. The highest BCUT2D eigenvalue weighted by molar-refractivity contribution is 5.94. The molecule has 0 aromatic heterocycles. The van der Waals surface area contributed by atoms with E-state index < -0.39 is 11.7 Å². The molecule has 1 saturated heterocycles. The van der Waals surface area contributed by atoms with Crippen molar-refractivity contribution in [1.82, 2.24) is 9.80 Å². The van der Waals surface area contributed by atoms with Crippen LogP contribution >= 0.6 is 0 Å². The maximum absolute atomic E-state index is 12.7. The van der Waals surface area contributed by atoms with Gasteiger partial charge in [0.15, 0.2) is 0 Å². The molecule has 1 aliphatic heterocycles. The first-order chi connectivity index (χ1) is 14.4. The molecule has 1 fully saturated rings. The van der Waals surface area contributed by atoms with E-state index in [2.05, 4.69) is 17.1 Å². The zero-order chi connectivity index (χ0) is 21.6. The number of hydrogen-bond acceptors (Lipinski definition) is 3. The summed E-state index contributed by atoms with van der Waals surface area (Å²) >= 11 is 0. The number of alkyl halides is 3. The van der Waals surface area contributed by atoms with Gasteiger partial charge in [0.05, 0.1) is 5.56 Å². The first kappa shape index (κ1) is 22.2. The molecule has 0 atom stereocenters. The van der Waals surface area contributed by atoms with Crippen LogP contribution < -0.4 is 5.32 Å². The summed E-state index contributed by atoms with van der Waals surface area (Å²) < 4.78 is 37.9. The molecule has 1 aliphatic rings. The first-order valence-corrected chi connectivity index (χ1v) is 10.4. The van der Waals surface area contributed by atoms with Crippen LogP contribution in [0, 0.1) is 0 Å². The van der Waals surface area contributed by atoms with Crippen LogP contribution in [0.3, 0.4) is 0 Å². The van der Waals surface area contributed by atoms with E-state index in [0.717, 1.165) is 50.4 Å². The predicted molar refractivity (Wildman–Crippen MR) is 112 cm³/mol. The van der Waals surface area contributed by atoms with Crippen LogP contribution in [0.4, 0.5) is 18.9 Å². The van der Waals surface area contributed by atoms with Gasteiger partial charge in [-0.2, -0.15) is 13.2 Å². The topological polar surface area (TPSA) is 35.6 Å². The Balaban J connectivity index is 1.49. The Morgan fingerprint density at radius 1 is 0.967 bits per heavy atom. The summed E-state index contributed by atoms with van der Waals surface area (Å²) in [6, 6.07) is 12.3. The van der Waals surface area contributed by atoms with Gasteiger partial charge in [-0.05, 0) is 54.9 Å². The van der Waals surface area contributed by atoms with Crippen LogP contribution in [0.25, 0.3) is 0 Å². The lowest BCUT2D eigenvalue weighted by atomic mass is 10.1. The lowest BCUT2D eigenvalue weighted by Gasteiger charge is -2.34. The molecule has 0 radical (unpaired) electrons. The molecule has 1 heterocycles. The van der Waals surface area contributed by atoms with Crippen LogP contribution in [0.2, 0.25) is 0 Å². The Morgan fingerprint density at radius 2 is 1.60 bits per heavy atom. The SMILES string of the molecule is CCCCN1CCN(C(=O)c2ccc(CNc3ccc(C(F)(F)F)cc3)cc2)CC1. The number of unbranched alkanes of at least 4 members (excludes halogenated alkanes) is 1. The monoisotopic (exact) mass is 419 g/mol. The lowest BCUT2D eigenvalue weighted by molar-refractivity contribution is -0.137. The Hall–Kier alpha value is -2.54. The van der Waals surface area contributed by atoms with Crippen molar-refractivity contribution in [3.05, 3.63) is 65.2 Å². The normalized spacial score (nSPS) is 15.3. The van der Waals surface area contributed by atoms with Crippen molar-refractivity contribution in [2.45, 2.75) is 32.5 Å². The zero-order valence-corrected chi connectivity index (χ0v) is 17.2. The third-order valence-corrected chi connectivity index (χ3v) is 5.40. The quantitative estimate of drug-likeness (QED) is 0.695. The Kier molecular flexibility index (Phi) is 7.37. The maximum Gasteiger partial charge on any atom is 0.416 e. The van der Waals surface area contributed by atoms with E-state index in [-0.39, 0.29) is 5.91 Å². The number of carbonyl (C=O) groups is 1. The lowest BCUT2D eigenvalue weighted by Crippen LogP contribution is -2.48. The van der Waals surface area contributed by atoms with E-state index in [1.807, 2.05) is 29.2 Å². The second kappa shape index (κ2) is 9.98. The summed E-state index contributed by atoms with van der Waals surface area (Å²) in [5, 5.41) is 3.11. The van der Waals surface area contributed by atoms with E-state index in [9.17, 15) is 18.0 Å². The summed E-state index contributed by atoms with van der Waals surface area (Å²) in [7, 11) is 0. The second-order valence-corrected chi connectivity index (χ2v) is 7.61. The molecule has 0 spiro atoms. The molecule has 7 heteroatoms. The van der Waals surface area contributed by atoms with Crippen LogP contribution in [-0.4, -0.2) is 48.4 Å². The van der Waals surface area contributed by atoms with Crippen LogP contribution in [-0.2, 0) is 12.7 Å². The van der Waals surface area contributed by atoms with Gasteiger partial charge in [0.2, 0.25) is 0 Å². The minimum absolute atomic E-state index is 0.0485. The van der Waals surface area contributed by atoms with Crippen molar-refractivity contribution < 1.29 is 18.0 Å². The van der Waals surface area contributed by atoms with Gasteiger partial charge in [0.1, 0.15) is 0 Å². The maximum atomic E-state index is 12.7. The molecule has 2 aromatic carbocycles. The number of benzene rings is 2. The van der Waals surface area contributed by atoms with Crippen molar-refractivity contribution in [3.8, 4) is 0 Å².